The van der Waals surface area contributed by atoms with Crippen LogP contribution in [0.1, 0.15) is 15.2 Å². The molecular weight excluding hydrogens is 470 g/mol. The Hall–Kier alpha value is -2.84. The maximum atomic E-state index is 12.5. The molecule has 0 spiro atoms. The number of hydrogen-bond donors (Lipinski definition) is 1. The Morgan fingerprint density at radius 2 is 1.80 bits per heavy atom. The molecule has 4 rings (SSSR count). The zero-order valence-electron chi connectivity index (χ0n) is 16.1. The van der Waals surface area contributed by atoms with E-state index in [1.54, 1.807) is 12.1 Å². The molecule has 0 unspecified atom stereocenters. The van der Waals surface area contributed by atoms with E-state index in [4.69, 9.17) is 14.2 Å². The normalized spacial score (nSPS) is 12.3. The Kier molecular flexibility index (Phi) is 6.06. The second-order valence-electron chi connectivity index (χ2n) is 6.63. The van der Waals surface area contributed by atoms with Crippen molar-refractivity contribution in [2.45, 2.75) is 6.92 Å². The van der Waals surface area contributed by atoms with E-state index in [0.29, 0.717) is 39.8 Å². The highest BCUT2D eigenvalue weighted by atomic mass is 79.9. The van der Waals surface area contributed by atoms with Crippen molar-refractivity contribution in [3.8, 4) is 22.6 Å². The van der Waals surface area contributed by atoms with Crippen molar-refractivity contribution in [2.75, 3.05) is 25.1 Å². The van der Waals surface area contributed by atoms with E-state index in [1.165, 1.54) is 11.3 Å². The number of anilines is 1. The number of rotatable bonds is 5. The van der Waals surface area contributed by atoms with E-state index in [2.05, 4.69) is 21.2 Å². The number of hydrogen-bond acceptors (Lipinski definition) is 6. The van der Waals surface area contributed by atoms with Crippen LogP contribution in [-0.2, 0) is 9.53 Å². The molecule has 1 amide bonds. The van der Waals surface area contributed by atoms with E-state index >= 15 is 0 Å². The van der Waals surface area contributed by atoms with E-state index in [1.807, 2.05) is 42.6 Å². The van der Waals surface area contributed by atoms with Crippen LogP contribution in [0.3, 0.4) is 0 Å². The fourth-order valence-electron chi connectivity index (χ4n) is 2.97. The van der Waals surface area contributed by atoms with Crippen LogP contribution in [-0.4, -0.2) is 31.7 Å². The fraction of sp³-hybridized carbons (Fsp3) is 0.182. The van der Waals surface area contributed by atoms with Gasteiger partial charge in [0.25, 0.3) is 5.91 Å². The lowest BCUT2D eigenvalue weighted by Gasteiger charge is -2.20. The summed E-state index contributed by atoms with van der Waals surface area (Å²) in [5, 5.41) is 4.55. The van der Waals surface area contributed by atoms with Gasteiger partial charge in [0.05, 0.1) is 5.69 Å². The van der Waals surface area contributed by atoms with Gasteiger partial charge in [-0.25, -0.2) is 4.79 Å². The fourth-order valence-corrected chi connectivity index (χ4v) is 4.20. The van der Waals surface area contributed by atoms with Crippen LogP contribution in [0.2, 0.25) is 0 Å². The van der Waals surface area contributed by atoms with Crippen molar-refractivity contribution in [1.82, 2.24) is 0 Å². The Balaban J connectivity index is 1.40. The van der Waals surface area contributed by atoms with Crippen molar-refractivity contribution in [2.24, 2.45) is 0 Å². The number of esters is 1. The predicted octanol–water partition coefficient (Wildman–Crippen LogP) is 5.05. The number of carbonyl (C=O) groups is 2. The number of thiophene rings is 1. The average molecular weight is 488 g/mol. The van der Waals surface area contributed by atoms with Gasteiger partial charge in [-0.1, -0.05) is 29.8 Å². The number of fused-ring (bicyclic) bond motifs is 1. The molecule has 30 heavy (non-hydrogen) atoms. The Morgan fingerprint density at radius 1 is 1.10 bits per heavy atom. The molecule has 0 saturated heterocycles. The van der Waals surface area contributed by atoms with E-state index in [9.17, 15) is 9.59 Å². The van der Waals surface area contributed by atoms with Gasteiger partial charge >= 0.3 is 5.97 Å². The lowest BCUT2D eigenvalue weighted by Crippen LogP contribution is -2.21. The third-order valence-corrected chi connectivity index (χ3v) is 6.00. The topological polar surface area (TPSA) is 73.9 Å². The minimum atomic E-state index is -0.531. The van der Waals surface area contributed by atoms with Gasteiger partial charge in [-0.05, 0) is 39.9 Å². The molecule has 2 aromatic carbocycles. The zero-order chi connectivity index (χ0) is 21.1. The van der Waals surface area contributed by atoms with Crippen LogP contribution in [0, 0.1) is 6.92 Å². The minimum Gasteiger partial charge on any atom is -0.486 e. The summed E-state index contributed by atoms with van der Waals surface area (Å²) in [5.74, 6) is 0.183. The molecule has 0 radical (unpaired) electrons. The molecule has 2 heterocycles. The molecule has 1 aliphatic heterocycles. The van der Waals surface area contributed by atoms with Crippen molar-refractivity contribution >= 4 is 44.8 Å². The third-order valence-electron chi connectivity index (χ3n) is 4.45. The minimum absolute atomic E-state index is 0.398. The molecule has 1 N–H and O–H groups in total. The third kappa shape index (κ3) is 4.49. The number of halogens is 1. The predicted molar refractivity (Wildman–Crippen MR) is 119 cm³/mol. The van der Waals surface area contributed by atoms with Crippen LogP contribution in [0.25, 0.3) is 11.1 Å². The van der Waals surface area contributed by atoms with E-state index in [0.717, 1.165) is 16.7 Å². The summed E-state index contributed by atoms with van der Waals surface area (Å²) in [5.41, 5.74) is 3.37. The Morgan fingerprint density at radius 3 is 2.53 bits per heavy atom. The van der Waals surface area contributed by atoms with Gasteiger partial charge < -0.3 is 19.5 Å². The quantitative estimate of drug-likeness (QED) is 0.509. The summed E-state index contributed by atoms with van der Waals surface area (Å²) in [6.45, 7) is 2.54. The first-order valence-corrected chi connectivity index (χ1v) is 10.9. The molecular formula is C22H18BrNO5S. The van der Waals surface area contributed by atoms with Gasteiger partial charge in [0.2, 0.25) is 0 Å². The van der Waals surface area contributed by atoms with Crippen LogP contribution in [0.4, 0.5) is 5.69 Å². The second kappa shape index (κ2) is 8.89. The molecule has 0 atom stereocenters. The number of benzene rings is 2. The van der Waals surface area contributed by atoms with Crippen LogP contribution >= 0.6 is 27.3 Å². The number of nitrogens with one attached hydrogen (secondary N) is 1. The largest absolute Gasteiger partial charge is 0.486 e. The van der Waals surface area contributed by atoms with Gasteiger partial charge in [-0.15, -0.1) is 11.3 Å². The lowest BCUT2D eigenvalue weighted by atomic mass is 10.1. The van der Waals surface area contributed by atoms with Gasteiger partial charge in [0.1, 0.15) is 18.1 Å². The lowest BCUT2D eigenvalue weighted by molar-refractivity contribution is -0.119. The van der Waals surface area contributed by atoms with Crippen molar-refractivity contribution in [3.05, 3.63) is 62.8 Å². The second-order valence-corrected chi connectivity index (χ2v) is 8.40. The van der Waals surface area contributed by atoms with Crippen LogP contribution in [0.15, 0.2) is 52.3 Å². The molecule has 3 aromatic rings. The summed E-state index contributed by atoms with van der Waals surface area (Å²) >= 11 is 4.69. The SMILES string of the molecule is Cc1ccc(-c2ccsc2C(=O)OCC(=O)Nc2cc3c(cc2Br)OCCO3)cc1. The highest BCUT2D eigenvalue weighted by Gasteiger charge is 2.19. The molecule has 1 aromatic heterocycles. The van der Waals surface area contributed by atoms with Gasteiger partial charge in [0, 0.05) is 22.2 Å². The summed E-state index contributed by atoms with van der Waals surface area (Å²) in [4.78, 5) is 25.3. The molecule has 154 valence electrons. The zero-order valence-corrected chi connectivity index (χ0v) is 18.5. The summed E-state index contributed by atoms with van der Waals surface area (Å²) < 4.78 is 16.9. The van der Waals surface area contributed by atoms with Crippen molar-refractivity contribution < 1.29 is 23.8 Å². The first kappa shape index (κ1) is 20.4. The van der Waals surface area contributed by atoms with Gasteiger partial charge in [0.15, 0.2) is 18.1 Å². The Bertz CT molecular complexity index is 1090. The molecule has 6 nitrogen and oxygen atoms in total. The summed E-state index contributed by atoms with van der Waals surface area (Å²) in [6, 6.07) is 13.2. The first-order valence-electron chi connectivity index (χ1n) is 9.22. The molecule has 0 fully saturated rings. The van der Waals surface area contributed by atoms with Gasteiger partial charge in [-0.2, -0.15) is 0 Å². The van der Waals surface area contributed by atoms with E-state index in [-0.39, 0.29) is 0 Å². The molecule has 8 heteroatoms. The van der Waals surface area contributed by atoms with Crippen LogP contribution in [0.5, 0.6) is 11.5 Å². The molecule has 0 aliphatic carbocycles. The molecule has 0 bridgehead atoms. The first-order chi connectivity index (χ1) is 14.5. The standard InChI is InChI=1S/C22H18BrNO5S/c1-13-2-4-14(5-3-13)15-6-9-30-21(15)22(26)29-12-20(25)24-17-11-19-18(10-16(17)23)27-7-8-28-19/h2-6,9-11H,7-8,12H2,1H3,(H,24,25). The van der Waals surface area contributed by atoms with Gasteiger partial charge in [-0.3, -0.25) is 4.79 Å². The van der Waals surface area contributed by atoms with Crippen molar-refractivity contribution in [1.29, 1.82) is 0 Å². The smallest absolute Gasteiger partial charge is 0.349 e. The van der Waals surface area contributed by atoms with Crippen molar-refractivity contribution in [3.63, 3.8) is 0 Å². The number of amides is 1. The molecule has 0 saturated carbocycles. The maximum Gasteiger partial charge on any atom is 0.349 e. The molecule has 1 aliphatic rings. The Labute approximate surface area is 185 Å². The summed E-state index contributed by atoms with van der Waals surface area (Å²) in [6.07, 6.45) is 0. The number of aryl methyl sites for hydroxylation is 1. The van der Waals surface area contributed by atoms with Crippen LogP contribution < -0.4 is 14.8 Å². The number of ether oxygens (including phenoxy) is 3. The highest BCUT2D eigenvalue weighted by molar-refractivity contribution is 9.10. The highest BCUT2D eigenvalue weighted by Crippen LogP contribution is 2.38. The number of carbonyl (C=O) groups excluding carboxylic acids is 2. The van der Waals surface area contributed by atoms with E-state index < -0.39 is 18.5 Å². The summed E-state index contributed by atoms with van der Waals surface area (Å²) in [7, 11) is 0. The monoisotopic (exact) mass is 487 g/mol. The maximum absolute atomic E-state index is 12.5. The average Bonchev–Trinajstić information content (AvgIpc) is 3.23.